The second-order valence-electron chi connectivity index (χ2n) is 4.71. The number of nitrogens with one attached hydrogen (secondary N) is 1. The van der Waals surface area contributed by atoms with Crippen molar-refractivity contribution < 1.29 is 4.74 Å². The van der Waals surface area contributed by atoms with Gasteiger partial charge in [-0.05, 0) is 44.7 Å². The molecule has 0 aromatic heterocycles. The van der Waals surface area contributed by atoms with Gasteiger partial charge in [0.15, 0.2) is 0 Å². The molecule has 0 heterocycles. The molecule has 1 fully saturated rings. The first kappa shape index (κ1) is 13.0. The van der Waals surface area contributed by atoms with E-state index in [1.54, 1.807) is 0 Å². The summed E-state index contributed by atoms with van der Waals surface area (Å²) in [6.45, 7) is 4.59. The lowest BCUT2D eigenvalue weighted by Crippen LogP contribution is -2.30. The smallest absolute Gasteiger partial charge is 0.0600 e. The Morgan fingerprint density at radius 1 is 1.20 bits per heavy atom. The van der Waals surface area contributed by atoms with Gasteiger partial charge < -0.3 is 10.1 Å². The van der Waals surface area contributed by atoms with Crippen molar-refractivity contribution in [3.05, 3.63) is 0 Å². The predicted molar refractivity (Wildman–Crippen MR) is 65.1 cm³/mol. The normalized spacial score (nSPS) is 26.8. The summed E-state index contributed by atoms with van der Waals surface area (Å²) >= 11 is 0. The summed E-state index contributed by atoms with van der Waals surface area (Å²) < 4.78 is 5.55. The van der Waals surface area contributed by atoms with Crippen molar-refractivity contribution in [2.24, 2.45) is 5.92 Å². The van der Waals surface area contributed by atoms with Gasteiger partial charge in [0.25, 0.3) is 0 Å². The SMILES string of the molecule is CCCCNCC[C@H]1CCCC[C@@H]1OC. The summed E-state index contributed by atoms with van der Waals surface area (Å²) in [7, 11) is 1.87. The molecule has 2 heteroatoms. The van der Waals surface area contributed by atoms with Gasteiger partial charge in [0.2, 0.25) is 0 Å². The molecule has 0 aromatic rings. The standard InChI is InChI=1S/C13H27NO/c1-3-4-10-14-11-9-12-7-5-6-8-13(12)15-2/h12-14H,3-11H2,1-2H3/t12-,13+/m1/s1. The van der Waals surface area contributed by atoms with Gasteiger partial charge in [-0.2, -0.15) is 0 Å². The molecule has 90 valence electrons. The van der Waals surface area contributed by atoms with E-state index in [0.717, 1.165) is 5.92 Å². The van der Waals surface area contributed by atoms with E-state index in [1.165, 1.54) is 58.0 Å². The predicted octanol–water partition coefficient (Wildman–Crippen LogP) is 2.97. The average molecular weight is 213 g/mol. The second-order valence-corrected chi connectivity index (χ2v) is 4.71. The van der Waals surface area contributed by atoms with Crippen LogP contribution in [0.15, 0.2) is 0 Å². The van der Waals surface area contributed by atoms with E-state index in [-0.39, 0.29) is 0 Å². The van der Waals surface area contributed by atoms with Gasteiger partial charge in [-0.1, -0.05) is 26.2 Å². The van der Waals surface area contributed by atoms with Gasteiger partial charge in [-0.3, -0.25) is 0 Å². The summed E-state index contributed by atoms with van der Waals surface area (Å²) in [6.07, 6.45) is 9.83. The molecule has 0 spiro atoms. The molecule has 0 amide bonds. The summed E-state index contributed by atoms with van der Waals surface area (Å²) in [4.78, 5) is 0. The molecular formula is C13H27NO. The Morgan fingerprint density at radius 2 is 2.00 bits per heavy atom. The Bertz CT molecular complexity index is 149. The largest absolute Gasteiger partial charge is 0.381 e. The summed E-state index contributed by atoms with van der Waals surface area (Å²) in [6, 6.07) is 0. The van der Waals surface area contributed by atoms with Gasteiger partial charge in [0.05, 0.1) is 6.10 Å². The van der Waals surface area contributed by atoms with Crippen LogP contribution in [-0.2, 0) is 4.74 Å². The molecule has 0 bridgehead atoms. The highest BCUT2D eigenvalue weighted by Gasteiger charge is 2.23. The first-order valence-electron chi connectivity index (χ1n) is 6.62. The number of methoxy groups -OCH3 is 1. The first-order valence-corrected chi connectivity index (χ1v) is 6.62. The Morgan fingerprint density at radius 3 is 2.73 bits per heavy atom. The van der Waals surface area contributed by atoms with E-state index in [9.17, 15) is 0 Å². The van der Waals surface area contributed by atoms with Crippen LogP contribution in [0.4, 0.5) is 0 Å². The van der Waals surface area contributed by atoms with Crippen molar-refractivity contribution in [1.29, 1.82) is 0 Å². The highest BCUT2D eigenvalue weighted by atomic mass is 16.5. The second kappa shape index (κ2) is 8.12. The molecule has 1 rings (SSSR count). The van der Waals surface area contributed by atoms with E-state index in [2.05, 4.69) is 12.2 Å². The fraction of sp³-hybridized carbons (Fsp3) is 1.00. The highest BCUT2D eigenvalue weighted by molar-refractivity contribution is 4.76. The van der Waals surface area contributed by atoms with Crippen LogP contribution in [0.2, 0.25) is 0 Å². The molecule has 0 aromatic carbocycles. The van der Waals surface area contributed by atoms with Crippen molar-refractivity contribution >= 4 is 0 Å². The van der Waals surface area contributed by atoms with Crippen molar-refractivity contribution in [2.45, 2.75) is 58.0 Å². The lowest BCUT2D eigenvalue weighted by Gasteiger charge is -2.30. The maximum absolute atomic E-state index is 5.55. The molecule has 0 saturated heterocycles. The van der Waals surface area contributed by atoms with E-state index < -0.39 is 0 Å². The third kappa shape index (κ3) is 4.98. The van der Waals surface area contributed by atoms with Crippen molar-refractivity contribution in [1.82, 2.24) is 5.32 Å². The fourth-order valence-corrected chi connectivity index (χ4v) is 2.53. The third-order valence-electron chi connectivity index (χ3n) is 3.54. The molecular weight excluding hydrogens is 186 g/mol. The zero-order valence-electron chi connectivity index (χ0n) is 10.4. The number of ether oxygens (including phenoxy) is 1. The van der Waals surface area contributed by atoms with Crippen LogP contribution in [-0.4, -0.2) is 26.3 Å². The number of rotatable bonds is 7. The van der Waals surface area contributed by atoms with Crippen LogP contribution in [0.1, 0.15) is 51.9 Å². The first-order chi connectivity index (χ1) is 7.38. The van der Waals surface area contributed by atoms with Gasteiger partial charge in [-0.25, -0.2) is 0 Å². The number of hydrogen-bond acceptors (Lipinski definition) is 2. The van der Waals surface area contributed by atoms with Crippen molar-refractivity contribution in [3.63, 3.8) is 0 Å². The van der Waals surface area contributed by atoms with Crippen LogP contribution in [0.3, 0.4) is 0 Å². The maximum Gasteiger partial charge on any atom is 0.0600 e. The molecule has 15 heavy (non-hydrogen) atoms. The van der Waals surface area contributed by atoms with Gasteiger partial charge >= 0.3 is 0 Å². The average Bonchev–Trinajstić information content (AvgIpc) is 2.29. The molecule has 1 aliphatic rings. The summed E-state index contributed by atoms with van der Waals surface area (Å²) in [5.74, 6) is 0.804. The van der Waals surface area contributed by atoms with Crippen LogP contribution >= 0.6 is 0 Å². The van der Waals surface area contributed by atoms with Gasteiger partial charge in [0, 0.05) is 7.11 Å². The lowest BCUT2D eigenvalue weighted by atomic mass is 9.84. The molecule has 0 unspecified atom stereocenters. The molecule has 0 radical (unpaired) electrons. The molecule has 1 aliphatic carbocycles. The minimum Gasteiger partial charge on any atom is -0.381 e. The molecule has 1 saturated carbocycles. The third-order valence-corrected chi connectivity index (χ3v) is 3.54. The molecule has 1 N–H and O–H groups in total. The van der Waals surface area contributed by atoms with Crippen molar-refractivity contribution in [3.8, 4) is 0 Å². The quantitative estimate of drug-likeness (QED) is 0.656. The minimum atomic E-state index is 0.534. The van der Waals surface area contributed by atoms with E-state index in [0.29, 0.717) is 6.10 Å². The van der Waals surface area contributed by atoms with E-state index >= 15 is 0 Å². The Labute approximate surface area is 94.8 Å². The Kier molecular flexibility index (Phi) is 7.03. The van der Waals surface area contributed by atoms with Crippen LogP contribution < -0.4 is 5.32 Å². The topological polar surface area (TPSA) is 21.3 Å². The van der Waals surface area contributed by atoms with E-state index in [1.807, 2.05) is 7.11 Å². The van der Waals surface area contributed by atoms with Crippen LogP contribution in [0.5, 0.6) is 0 Å². The zero-order chi connectivity index (χ0) is 10.9. The Hall–Kier alpha value is -0.0800. The lowest BCUT2D eigenvalue weighted by molar-refractivity contribution is 0.0206. The maximum atomic E-state index is 5.55. The summed E-state index contributed by atoms with van der Waals surface area (Å²) in [5.41, 5.74) is 0. The molecule has 2 nitrogen and oxygen atoms in total. The zero-order valence-corrected chi connectivity index (χ0v) is 10.4. The molecule has 2 atom stereocenters. The van der Waals surface area contributed by atoms with Crippen LogP contribution in [0.25, 0.3) is 0 Å². The van der Waals surface area contributed by atoms with Crippen LogP contribution in [0, 0.1) is 5.92 Å². The van der Waals surface area contributed by atoms with E-state index in [4.69, 9.17) is 4.74 Å². The Balaban J connectivity index is 2.07. The van der Waals surface area contributed by atoms with Gasteiger partial charge in [0.1, 0.15) is 0 Å². The van der Waals surface area contributed by atoms with Crippen molar-refractivity contribution in [2.75, 3.05) is 20.2 Å². The van der Waals surface area contributed by atoms with Gasteiger partial charge in [-0.15, -0.1) is 0 Å². The summed E-state index contributed by atoms with van der Waals surface area (Å²) in [5, 5.41) is 3.52. The molecule has 0 aliphatic heterocycles. The monoisotopic (exact) mass is 213 g/mol. The number of unbranched alkanes of at least 4 members (excludes halogenated alkanes) is 1. The minimum absolute atomic E-state index is 0.534. The fourth-order valence-electron chi connectivity index (χ4n) is 2.53. The number of hydrogen-bond donors (Lipinski definition) is 1. The highest BCUT2D eigenvalue weighted by Crippen LogP contribution is 2.28.